The van der Waals surface area contributed by atoms with Gasteiger partial charge in [0.25, 0.3) is 0 Å². The summed E-state index contributed by atoms with van der Waals surface area (Å²) in [4.78, 5) is 0. The number of benzene rings is 1. The zero-order chi connectivity index (χ0) is 15.0. The number of rotatable bonds is 9. The lowest BCUT2D eigenvalue weighted by Gasteiger charge is -2.23. The quantitative estimate of drug-likeness (QED) is 0.684. The first-order valence-corrected chi connectivity index (χ1v) is 7.99. The van der Waals surface area contributed by atoms with Gasteiger partial charge in [-0.3, -0.25) is 0 Å². The Balaban J connectivity index is 2.58. The highest BCUT2D eigenvalue weighted by Crippen LogP contribution is 2.20. The van der Waals surface area contributed by atoms with E-state index in [2.05, 4.69) is 33.0 Å². The average Bonchev–Trinajstić information content (AvgIpc) is 2.39. The van der Waals surface area contributed by atoms with Gasteiger partial charge < -0.3 is 5.32 Å². The first kappa shape index (κ1) is 17.2. The molecule has 1 nitrogen and oxygen atoms in total. The van der Waals surface area contributed by atoms with Crippen LogP contribution in [0, 0.1) is 17.7 Å². The van der Waals surface area contributed by atoms with Crippen molar-refractivity contribution in [1.82, 2.24) is 5.32 Å². The fourth-order valence-corrected chi connectivity index (χ4v) is 2.77. The Labute approximate surface area is 124 Å². The van der Waals surface area contributed by atoms with E-state index in [9.17, 15) is 4.39 Å². The summed E-state index contributed by atoms with van der Waals surface area (Å²) in [5.74, 6) is 1.24. The van der Waals surface area contributed by atoms with Gasteiger partial charge in [0.1, 0.15) is 5.82 Å². The molecule has 1 N–H and O–H groups in total. The molecule has 2 atom stereocenters. The van der Waals surface area contributed by atoms with Gasteiger partial charge in [-0.25, -0.2) is 4.39 Å². The molecule has 0 heterocycles. The van der Waals surface area contributed by atoms with Crippen LogP contribution in [0.25, 0.3) is 0 Å². The third kappa shape index (κ3) is 7.04. The van der Waals surface area contributed by atoms with E-state index in [4.69, 9.17) is 0 Å². The Bertz CT molecular complexity index is 358. The first-order chi connectivity index (χ1) is 9.51. The van der Waals surface area contributed by atoms with Crippen LogP contribution in [0.2, 0.25) is 0 Å². The second-order valence-electron chi connectivity index (χ2n) is 6.39. The van der Waals surface area contributed by atoms with Crippen LogP contribution in [-0.4, -0.2) is 12.6 Å². The van der Waals surface area contributed by atoms with E-state index in [0.29, 0.717) is 12.0 Å². The monoisotopic (exact) mass is 279 g/mol. The Kier molecular flexibility index (Phi) is 7.83. The first-order valence-electron chi connectivity index (χ1n) is 7.99. The molecule has 0 fully saturated rings. The molecular weight excluding hydrogens is 249 g/mol. The second kappa shape index (κ2) is 9.12. The van der Waals surface area contributed by atoms with E-state index in [0.717, 1.165) is 18.9 Å². The third-order valence-corrected chi connectivity index (χ3v) is 3.77. The molecule has 0 aliphatic carbocycles. The summed E-state index contributed by atoms with van der Waals surface area (Å²) in [5, 5.41) is 3.55. The topological polar surface area (TPSA) is 12.0 Å². The molecule has 0 aliphatic rings. The lowest BCUT2D eigenvalue weighted by atomic mass is 9.88. The van der Waals surface area contributed by atoms with Crippen molar-refractivity contribution in [3.05, 3.63) is 35.6 Å². The molecule has 0 amide bonds. The van der Waals surface area contributed by atoms with Crippen LogP contribution in [0.4, 0.5) is 4.39 Å². The van der Waals surface area contributed by atoms with Crippen LogP contribution in [0.5, 0.6) is 0 Å². The SMILES string of the molecule is CCCC(C)CC(CNC(C)C)Cc1ccc(F)cc1. The van der Waals surface area contributed by atoms with Crippen molar-refractivity contribution in [2.24, 2.45) is 11.8 Å². The Morgan fingerprint density at radius 3 is 2.30 bits per heavy atom. The minimum absolute atomic E-state index is 0.148. The molecule has 2 unspecified atom stereocenters. The molecule has 0 bridgehead atoms. The van der Waals surface area contributed by atoms with Crippen molar-refractivity contribution in [3.63, 3.8) is 0 Å². The largest absolute Gasteiger partial charge is 0.314 e. The van der Waals surface area contributed by atoms with Crippen molar-refractivity contribution >= 4 is 0 Å². The molecule has 0 aromatic heterocycles. The van der Waals surface area contributed by atoms with Gasteiger partial charge in [-0.1, -0.05) is 52.7 Å². The smallest absolute Gasteiger partial charge is 0.123 e. The van der Waals surface area contributed by atoms with Gasteiger partial charge >= 0.3 is 0 Å². The molecule has 1 aromatic rings. The molecule has 0 aliphatic heterocycles. The molecule has 1 aromatic carbocycles. The number of halogens is 1. The van der Waals surface area contributed by atoms with Gasteiger partial charge in [0.15, 0.2) is 0 Å². The zero-order valence-corrected chi connectivity index (χ0v) is 13.5. The minimum Gasteiger partial charge on any atom is -0.314 e. The minimum atomic E-state index is -0.148. The predicted molar refractivity (Wildman–Crippen MR) is 85.4 cm³/mol. The maximum atomic E-state index is 13.0. The molecule has 114 valence electrons. The average molecular weight is 279 g/mol. The van der Waals surface area contributed by atoms with Crippen molar-refractivity contribution in [1.29, 1.82) is 0 Å². The Morgan fingerprint density at radius 2 is 1.75 bits per heavy atom. The van der Waals surface area contributed by atoms with E-state index < -0.39 is 0 Å². The number of nitrogens with one attached hydrogen (secondary N) is 1. The zero-order valence-electron chi connectivity index (χ0n) is 13.5. The van der Waals surface area contributed by atoms with Gasteiger partial charge in [-0.05, 0) is 48.9 Å². The molecule has 0 saturated carbocycles. The van der Waals surface area contributed by atoms with Gasteiger partial charge in [0.2, 0.25) is 0 Å². The van der Waals surface area contributed by atoms with E-state index in [-0.39, 0.29) is 5.82 Å². The highest BCUT2D eigenvalue weighted by Gasteiger charge is 2.14. The summed E-state index contributed by atoms with van der Waals surface area (Å²) in [7, 11) is 0. The van der Waals surface area contributed by atoms with Crippen LogP contribution in [0.1, 0.15) is 52.5 Å². The van der Waals surface area contributed by atoms with Crippen molar-refractivity contribution in [2.75, 3.05) is 6.54 Å². The summed E-state index contributed by atoms with van der Waals surface area (Å²) in [5.41, 5.74) is 1.24. The van der Waals surface area contributed by atoms with Crippen molar-refractivity contribution < 1.29 is 4.39 Å². The van der Waals surface area contributed by atoms with E-state index in [1.165, 1.54) is 24.8 Å². The summed E-state index contributed by atoms with van der Waals surface area (Å²) >= 11 is 0. The van der Waals surface area contributed by atoms with Gasteiger partial charge in [-0.15, -0.1) is 0 Å². The normalized spacial score (nSPS) is 14.5. The highest BCUT2D eigenvalue weighted by molar-refractivity contribution is 5.16. The summed E-state index contributed by atoms with van der Waals surface area (Å²) < 4.78 is 13.0. The summed E-state index contributed by atoms with van der Waals surface area (Å²) in [6.07, 6.45) is 4.82. The number of hydrogen-bond donors (Lipinski definition) is 1. The lowest BCUT2D eigenvalue weighted by molar-refractivity contribution is 0.345. The second-order valence-corrected chi connectivity index (χ2v) is 6.39. The van der Waals surface area contributed by atoms with Crippen molar-refractivity contribution in [3.8, 4) is 0 Å². The van der Waals surface area contributed by atoms with Crippen LogP contribution >= 0.6 is 0 Å². The van der Waals surface area contributed by atoms with Gasteiger partial charge in [0, 0.05) is 6.04 Å². The lowest BCUT2D eigenvalue weighted by Crippen LogP contribution is -2.30. The summed E-state index contributed by atoms with van der Waals surface area (Å²) in [6.45, 7) is 10.0. The van der Waals surface area contributed by atoms with Crippen LogP contribution in [0.15, 0.2) is 24.3 Å². The Hall–Kier alpha value is -0.890. The molecule has 2 heteroatoms. The highest BCUT2D eigenvalue weighted by atomic mass is 19.1. The molecule has 0 saturated heterocycles. The number of hydrogen-bond acceptors (Lipinski definition) is 1. The molecular formula is C18H30FN. The van der Waals surface area contributed by atoms with Gasteiger partial charge in [-0.2, -0.15) is 0 Å². The van der Waals surface area contributed by atoms with Crippen LogP contribution in [-0.2, 0) is 6.42 Å². The molecule has 0 spiro atoms. The predicted octanol–water partition coefficient (Wildman–Crippen LogP) is 4.81. The van der Waals surface area contributed by atoms with Gasteiger partial charge in [0.05, 0.1) is 0 Å². The van der Waals surface area contributed by atoms with Crippen LogP contribution in [0.3, 0.4) is 0 Å². The standard InChI is InChI=1S/C18H30FN/c1-5-6-15(4)11-17(13-20-14(2)3)12-16-7-9-18(19)10-8-16/h7-10,14-15,17,20H,5-6,11-13H2,1-4H3. The molecule has 20 heavy (non-hydrogen) atoms. The summed E-state index contributed by atoms with van der Waals surface area (Å²) in [6, 6.07) is 7.49. The van der Waals surface area contributed by atoms with Crippen LogP contribution < -0.4 is 5.32 Å². The Morgan fingerprint density at radius 1 is 1.10 bits per heavy atom. The molecule has 0 radical (unpaired) electrons. The molecule has 1 rings (SSSR count). The fraction of sp³-hybridized carbons (Fsp3) is 0.667. The van der Waals surface area contributed by atoms with Crippen molar-refractivity contribution in [2.45, 2.75) is 59.4 Å². The maximum Gasteiger partial charge on any atom is 0.123 e. The maximum absolute atomic E-state index is 13.0. The van der Waals surface area contributed by atoms with E-state index >= 15 is 0 Å². The van der Waals surface area contributed by atoms with E-state index in [1.54, 1.807) is 12.1 Å². The fourth-order valence-electron chi connectivity index (χ4n) is 2.77. The third-order valence-electron chi connectivity index (χ3n) is 3.77. The van der Waals surface area contributed by atoms with E-state index in [1.807, 2.05) is 12.1 Å².